The third-order valence-corrected chi connectivity index (χ3v) is 3.18. The highest BCUT2D eigenvalue weighted by molar-refractivity contribution is 5.93. The van der Waals surface area contributed by atoms with Crippen LogP contribution in [0.3, 0.4) is 0 Å². The second-order valence-corrected chi connectivity index (χ2v) is 4.74. The number of hydrogen-bond acceptors (Lipinski definition) is 5. The molecule has 0 saturated heterocycles. The molecule has 0 aliphatic rings. The summed E-state index contributed by atoms with van der Waals surface area (Å²) in [4.78, 5) is 26.1. The Morgan fingerprint density at radius 1 is 1.00 bits per heavy atom. The first-order valence-corrected chi connectivity index (χ1v) is 8.73. The Morgan fingerprint density at radius 2 is 1.50 bits per heavy atom. The number of carbonyl (C=O) groups is 1. The lowest BCUT2D eigenvalue weighted by atomic mass is 10.2. The van der Waals surface area contributed by atoms with Crippen LogP contribution >= 0.6 is 12.4 Å². The number of carboxylic acid groups (broad SMARTS) is 1. The van der Waals surface area contributed by atoms with Crippen LogP contribution < -0.4 is 17.1 Å². The summed E-state index contributed by atoms with van der Waals surface area (Å²) in [5, 5.41) is 9.04. The van der Waals surface area contributed by atoms with Crippen molar-refractivity contribution in [2.45, 2.75) is 34.6 Å². The lowest BCUT2D eigenvalue weighted by Crippen LogP contribution is -2.30. The average Bonchev–Trinajstić information content (AvgIpc) is 2.70. The number of carboxylic acids is 1. The van der Waals surface area contributed by atoms with Gasteiger partial charge in [0.05, 0.1) is 16.5 Å². The SMILES string of the molecule is CC.CC.Cc1nc2ccccc2c(=O)n1N.Cl.Nc1ccccc1C(=O)O. The first kappa shape index (κ1) is 27.2. The fourth-order valence-corrected chi connectivity index (χ4v) is 1.95. The van der Waals surface area contributed by atoms with Crippen LogP contribution in [0.4, 0.5) is 5.69 Å². The maximum absolute atomic E-state index is 11.5. The van der Waals surface area contributed by atoms with Crippen LogP contribution in [0, 0.1) is 6.92 Å². The first-order valence-electron chi connectivity index (χ1n) is 8.73. The predicted octanol–water partition coefficient (Wildman–Crippen LogP) is 3.86. The highest BCUT2D eigenvalue weighted by atomic mass is 35.5. The topological polar surface area (TPSA) is 124 Å². The standard InChI is InChI=1S/C9H9N3O.C7H7NO2.2C2H6.ClH/c1-6-11-8-5-3-2-4-7(8)9(13)12(6)10;8-6-4-2-1-3-5(6)7(9)10;2*1-2;/h2-5H,10H2,1H3;1-4H,8H2,(H,9,10);2*1-2H3;1H. The lowest BCUT2D eigenvalue weighted by molar-refractivity contribution is 0.0698. The molecule has 0 bridgehead atoms. The van der Waals surface area contributed by atoms with E-state index in [0.29, 0.717) is 22.4 Å². The van der Waals surface area contributed by atoms with E-state index in [-0.39, 0.29) is 23.5 Å². The molecule has 8 heteroatoms. The zero-order valence-electron chi connectivity index (χ0n) is 16.8. The summed E-state index contributed by atoms with van der Waals surface area (Å²) in [6.45, 7) is 9.70. The van der Waals surface area contributed by atoms with Crippen molar-refractivity contribution in [2.24, 2.45) is 0 Å². The molecule has 1 aromatic heterocycles. The highest BCUT2D eigenvalue weighted by Gasteiger charge is 2.04. The minimum absolute atomic E-state index is 0. The van der Waals surface area contributed by atoms with Gasteiger partial charge in [0.1, 0.15) is 5.82 Å². The molecule has 5 N–H and O–H groups in total. The molecular formula is C20H29ClN4O3. The Labute approximate surface area is 171 Å². The summed E-state index contributed by atoms with van der Waals surface area (Å²) in [7, 11) is 0. The van der Waals surface area contributed by atoms with E-state index < -0.39 is 5.97 Å². The summed E-state index contributed by atoms with van der Waals surface area (Å²) in [5.74, 6) is 5.02. The summed E-state index contributed by atoms with van der Waals surface area (Å²) >= 11 is 0. The summed E-state index contributed by atoms with van der Waals surface area (Å²) in [5.41, 5.74) is 6.28. The lowest BCUT2D eigenvalue weighted by Gasteiger charge is -2.03. The van der Waals surface area contributed by atoms with E-state index in [1.165, 1.54) is 6.07 Å². The molecule has 154 valence electrons. The molecule has 0 atom stereocenters. The molecule has 0 unspecified atom stereocenters. The fraction of sp³-hybridized carbons (Fsp3) is 0.250. The van der Waals surface area contributed by atoms with Crippen molar-refractivity contribution < 1.29 is 9.90 Å². The average molecular weight is 409 g/mol. The summed E-state index contributed by atoms with van der Waals surface area (Å²) in [6, 6.07) is 13.5. The molecule has 7 nitrogen and oxygen atoms in total. The number of nitrogen functional groups attached to an aromatic ring is 2. The van der Waals surface area contributed by atoms with Gasteiger partial charge in [0.25, 0.3) is 5.56 Å². The van der Waals surface area contributed by atoms with E-state index in [1.807, 2.05) is 33.8 Å². The van der Waals surface area contributed by atoms with E-state index in [4.69, 9.17) is 16.7 Å². The minimum atomic E-state index is -0.988. The number of nitrogens with two attached hydrogens (primary N) is 2. The van der Waals surface area contributed by atoms with Crippen molar-refractivity contribution in [3.05, 3.63) is 70.3 Å². The highest BCUT2D eigenvalue weighted by Crippen LogP contribution is 2.09. The number of halogens is 1. The Hall–Kier alpha value is -3.06. The molecule has 1 heterocycles. The second-order valence-electron chi connectivity index (χ2n) is 4.74. The second kappa shape index (κ2) is 14.1. The van der Waals surface area contributed by atoms with Crippen molar-refractivity contribution in [1.82, 2.24) is 9.66 Å². The number of nitrogens with zero attached hydrogens (tertiary/aromatic N) is 2. The quantitative estimate of drug-likeness (QED) is 0.414. The van der Waals surface area contributed by atoms with Gasteiger partial charge in [0.2, 0.25) is 0 Å². The third-order valence-electron chi connectivity index (χ3n) is 3.18. The molecule has 0 spiro atoms. The molecule has 0 radical (unpaired) electrons. The van der Waals surface area contributed by atoms with Gasteiger partial charge in [-0.05, 0) is 31.2 Å². The molecule has 0 amide bonds. The molecule has 0 saturated carbocycles. The molecule has 28 heavy (non-hydrogen) atoms. The number of hydrogen-bond donors (Lipinski definition) is 3. The van der Waals surface area contributed by atoms with Crippen molar-refractivity contribution in [3.8, 4) is 0 Å². The van der Waals surface area contributed by atoms with E-state index in [1.54, 1.807) is 43.3 Å². The van der Waals surface area contributed by atoms with Gasteiger partial charge in [0, 0.05) is 5.69 Å². The molecular weight excluding hydrogens is 380 g/mol. The van der Waals surface area contributed by atoms with Crippen molar-refractivity contribution in [1.29, 1.82) is 0 Å². The molecule has 3 aromatic rings. The monoisotopic (exact) mass is 408 g/mol. The zero-order valence-corrected chi connectivity index (χ0v) is 17.7. The van der Waals surface area contributed by atoms with Gasteiger partial charge in [-0.2, -0.15) is 0 Å². The van der Waals surface area contributed by atoms with Crippen molar-refractivity contribution >= 4 is 35.0 Å². The number of aromatic carboxylic acids is 1. The molecule has 0 aliphatic carbocycles. The minimum Gasteiger partial charge on any atom is -0.478 e. The maximum atomic E-state index is 11.5. The summed E-state index contributed by atoms with van der Waals surface area (Å²) < 4.78 is 1.06. The Bertz CT molecular complexity index is 927. The van der Waals surface area contributed by atoms with Crippen LogP contribution in [0.15, 0.2) is 53.3 Å². The van der Waals surface area contributed by atoms with Gasteiger partial charge in [-0.3, -0.25) is 4.79 Å². The van der Waals surface area contributed by atoms with E-state index in [0.717, 1.165) is 4.68 Å². The first-order chi connectivity index (χ1) is 12.9. The predicted molar refractivity (Wildman–Crippen MR) is 119 cm³/mol. The molecule has 0 aliphatic heterocycles. The smallest absolute Gasteiger partial charge is 0.337 e. The maximum Gasteiger partial charge on any atom is 0.337 e. The van der Waals surface area contributed by atoms with Crippen LogP contribution in [0.5, 0.6) is 0 Å². The van der Waals surface area contributed by atoms with Gasteiger partial charge < -0.3 is 16.7 Å². The molecule has 2 aromatic carbocycles. The van der Waals surface area contributed by atoms with Gasteiger partial charge >= 0.3 is 5.97 Å². The van der Waals surface area contributed by atoms with Gasteiger partial charge in [-0.15, -0.1) is 12.4 Å². The van der Waals surface area contributed by atoms with E-state index in [9.17, 15) is 9.59 Å². The number of fused-ring (bicyclic) bond motifs is 1. The van der Waals surface area contributed by atoms with Gasteiger partial charge in [-0.1, -0.05) is 52.0 Å². The van der Waals surface area contributed by atoms with Crippen LogP contribution in [-0.4, -0.2) is 20.7 Å². The number of benzene rings is 2. The number of aryl methyl sites for hydroxylation is 1. The number of anilines is 1. The Balaban J connectivity index is 0. The largest absolute Gasteiger partial charge is 0.478 e. The van der Waals surface area contributed by atoms with Gasteiger partial charge in [-0.25, -0.2) is 14.5 Å². The normalized spacial score (nSPS) is 8.61. The van der Waals surface area contributed by atoms with Crippen LogP contribution in [0.1, 0.15) is 43.9 Å². The molecule has 0 fully saturated rings. The van der Waals surface area contributed by atoms with Crippen molar-refractivity contribution in [3.63, 3.8) is 0 Å². The van der Waals surface area contributed by atoms with Crippen LogP contribution in [0.2, 0.25) is 0 Å². The van der Waals surface area contributed by atoms with Crippen molar-refractivity contribution in [2.75, 3.05) is 11.6 Å². The van der Waals surface area contributed by atoms with Crippen LogP contribution in [-0.2, 0) is 0 Å². The van der Waals surface area contributed by atoms with E-state index >= 15 is 0 Å². The third kappa shape index (κ3) is 7.28. The van der Waals surface area contributed by atoms with Gasteiger partial charge in [0.15, 0.2) is 0 Å². The zero-order chi connectivity index (χ0) is 21.0. The number of aromatic nitrogens is 2. The van der Waals surface area contributed by atoms with Crippen LogP contribution in [0.25, 0.3) is 10.9 Å². The van der Waals surface area contributed by atoms with E-state index in [2.05, 4.69) is 4.98 Å². The summed E-state index contributed by atoms with van der Waals surface area (Å²) in [6.07, 6.45) is 0. The number of rotatable bonds is 1. The fourth-order valence-electron chi connectivity index (χ4n) is 1.95. The number of para-hydroxylation sites is 2. The molecule has 3 rings (SSSR count). The Morgan fingerprint density at radius 3 is 2.00 bits per heavy atom. The Kier molecular flexibility index (Phi) is 13.6.